The number of hydrogen-bond acceptors (Lipinski definition) is 3. The SMILES string of the molecule is CCCCNC(=O)[C@@H](C)N(Cc1ccccc1)C(=O)COc1cc(C)c(Cl)c(C)c1. The van der Waals surface area contributed by atoms with Gasteiger partial charge in [0, 0.05) is 18.1 Å². The molecule has 30 heavy (non-hydrogen) atoms. The third-order valence-electron chi connectivity index (χ3n) is 4.96. The lowest BCUT2D eigenvalue weighted by atomic mass is 10.1. The monoisotopic (exact) mass is 430 g/mol. The molecule has 0 unspecified atom stereocenters. The number of nitrogens with one attached hydrogen (secondary N) is 1. The highest BCUT2D eigenvalue weighted by molar-refractivity contribution is 6.32. The van der Waals surface area contributed by atoms with Crippen LogP contribution < -0.4 is 10.1 Å². The zero-order valence-corrected chi connectivity index (χ0v) is 19.0. The molecular weight excluding hydrogens is 400 g/mol. The molecule has 0 heterocycles. The second-order valence-corrected chi connectivity index (χ2v) is 7.87. The molecule has 6 heteroatoms. The van der Waals surface area contributed by atoms with E-state index in [0.717, 1.165) is 29.5 Å². The summed E-state index contributed by atoms with van der Waals surface area (Å²) >= 11 is 6.21. The maximum Gasteiger partial charge on any atom is 0.261 e. The van der Waals surface area contributed by atoms with Crippen molar-refractivity contribution in [1.82, 2.24) is 10.2 Å². The van der Waals surface area contributed by atoms with Crippen LogP contribution in [0.3, 0.4) is 0 Å². The number of carbonyl (C=O) groups is 2. The Bertz CT molecular complexity index is 832. The topological polar surface area (TPSA) is 58.6 Å². The molecule has 0 aliphatic heterocycles. The van der Waals surface area contributed by atoms with Crippen molar-refractivity contribution in [1.29, 1.82) is 0 Å². The summed E-state index contributed by atoms with van der Waals surface area (Å²) in [6.45, 7) is 8.40. The molecule has 1 N–H and O–H groups in total. The molecule has 0 spiro atoms. The number of unbranched alkanes of at least 4 members (excludes halogenated alkanes) is 1. The number of ether oxygens (including phenoxy) is 1. The molecule has 0 aliphatic rings. The number of benzene rings is 2. The molecule has 162 valence electrons. The van der Waals surface area contributed by atoms with Gasteiger partial charge in [0.05, 0.1) is 0 Å². The summed E-state index contributed by atoms with van der Waals surface area (Å²) in [6, 6.07) is 12.6. The molecule has 1 atom stereocenters. The van der Waals surface area contributed by atoms with Gasteiger partial charge in [0.25, 0.3) is 5.91 Å². The van der Waals surface area contributed by atoms with Gasteiger partial charge < -0.3 is 15.0 Å². The van der Waals surface area contributed by atoms with E-state index >= 15 is 0 Å². The van der Waals surface area contributed by atoms with Crippen molar-refractivity contribution in [3.8, 4) is 5.75 Å². The van der Waals surface area contributed by atoms with Crippen molar-refractivity contribution in [2.75, 3.05) is 13.2 Å². The third-order valence-corrected chi connectivity index (χ3v) is 5.56. The van der Waals surface area contributed by atoms with Gasteiger partial charge in [0.15, 0.2) is 6.61 Å². The molecule has 2 rings (SSSR count). The van der Waals surface area contributed by atoms with Crippen LogP contribution in [0.15, 0.2) is 42.5 Å². The fourth-order valence-corrected chi connectivity index (χ4v) is 3.23. The van der Waals surface area contributed by atoms with Crippen LogP contribution in [0, 0.1) is 13.8 Å². The highest BCUT2D eigenvalue weighted by Crippen LogP contribution is 2.26. The van der Waals surface area contributed by atoms with Crippen LogP contribution in [0.5, 0.6) is 5.75 Å². The van der Waals surface area contributed by atoms with E-state index in [1.165, 1.54) is 0 Å². The van der Waals surface area contributed by atoms with Gasteiger partial charge in [-0.1, -0.05) is 55.3 Å². The molecule has 2 aromatic rings. The van der Waals surface area contributed by atoms with Crippen LogP contribution in [0.1, 0.15) is 43.4 Å². The van der Waals surface area contributed by atoms with Gasteiger partial charge in [-0.3, -0.25) is 9.59 Å². The fraction of sp³-hybridized carbons (Fsp3) is 0.417. The zero-order valence-electron chi connectivity index (χ0n) is 18.2. The highest BCUT2D eigenvalue weighted by atomic mass is 35.5. The minimum Gasteiger partial charge on any atom is -0.484 e. The lowest BCUT2D eigenvalue weighted by Crippen LogP contribution is -2.49. The minimum absolute atomic E-state index is 0.153. The predicted molar refractivity (Wildman–Crippen MR) is 121 cm³/mol. The summed E-state index contributed by atoms with van der Waals surface area (Å²) < 4.78 is 5.75. The first kappa shape index (κ1) is 23.7. The lowest BCUT2D eigenvalue weighted by molar-refractivity contribution is -0.142. The molecule has 0 fully saturated rings. The highest BCUT2D eigenvalue weighted by Gasteiger charge is 2.26. The first-order valence-electron chi connectivity index (χ1n) is 10.3. The molecule has 0 radical (unpaired) electrons. The Morgan fingerprint density at radius 2 is 1.77 bits per heavy atom. The first-order valence-corrected chi connectivity index (χ1v) is 10.7. The number of aryl methyl sites for hydroxylation is 2. The second-order valence-electron chi connectivity index (χ2n) is 7.49. The number of hydrogen-bond donors (Lipinski definition) is 1. The predicted octanol–water partition coefficient (Wildman–Crippen LogP) is 4.67. The third kappa shape index (κ3) is 6.77. The molecule has 0 bridgehead atoms. The van der Waals surface area contributed by atoms with E-state index in [2.05, 4.69) is 12.2 Å². The van der Waals surface area contributed by atoms with Crippen molar-refractivity contribution in [3.63, 3.8) is 0 Å². The number of nitrogens with zero attached hydrogens (tertiary/aromatic N) is 1. The Hall–Kier alpha value is -2.53. The van der Waals surface area contributed by atoms with E-state index in [4.69, 9.17) is 16.3 Å². The van der Waals surface area contributed by atoms with Crippen molar-refractivity contribution in [2.45, 2.75) is 53.1 Å². The number of rotatable bonds is 10. The van der Waals surface area contributed by atoms with Gasteiger partial charge >= 0.3 is 0 Å². The average Bonchev–Trinajstić information content (AvgIpc) is 2.74. The Labute approximate surface area is 184 Å². The van der Waals surface area contributed by atoms with E-state index in [0.29, 0.717) is 23.9 Å². The standard InChI is InChI=1S/C24H31ClN2O3/c1-5-6-12-26-24(29)19(4)27(15-20-10-8-7-9-11-20)22(28)16-30-21-13-17(2)23(25)18(3)14-21/h7-11,13-14,19H,5-6,12,15-16H2,1-4H3,(H,26,29)/t19-/m1/s1. The van der Waals surface area contributed by atoms with Crippen LogP contribution in [0.25, 0.3) is 0 Å². The molecule has 5 nitrogen and oxygen atoms in total. The van der Waals surface area contributed by atoms with E-state index in [-0.39, 0.29) is 18.4 Å². The van der Waals surface area contributed by atoms with E-state index < -0.39 is 6.04 Å². The minimum atomic E-state index is -0.605. The first-order chi connectivity index (χ1) is 14.3. The quantitative estimate of drug-likeness (QED) is 0.557. The number of halogens is 1. The average molecular weight is 431 g/mol. The number of amides is 2. The molecule has 0 saturated heterocycles. The summed E-state index contributed by atoms with van der Waals surface area (Å²) in [7, 11) is 0. The lowest BCUT2D eigenvalue weighted by Gasteiger charge is -2.28. The van der Waals surface area contributed by atoms with Gasteiger partial charge in [-0.2, -0.15) is 0 Å². The van der Waals surface area contributed by atoms with Gasteiger partial charge in [0.1, 0.15) is 11.8 Å². The van der Waals surface area contributed by atoms with Crippen LogP contribution >= 0.6 is 11.6 Å². The normalized spacial score (nSPS) is 11.6. The summed E-state index contributed by atoms with van der Waals surface area (Å²) in [6.07, 6.45) is 1.90. The summed E-state index contributed by atoms with van der Waals surface area (Å²) in [5.41, 5.74) is 2.74. The summed E-state index contributed by atoms with van der Waals surface area (Å²) in [5.74, 6) is 0.177. The van der Waals surface area contributed by atoms with E-state index in [9.17, 15) is 9.59 Å². The van der Waals surface area contributed by atoms with Crippen LogP contribution in [-0.2, 0) is 16.1 Å². The van der Waals surface area contributed by atoms with Gasteiger partial charge in [-0.25, -0.2) is 0 Å². The van der Waals surface area contributed by atoms with Gasteiger partial charge in [-0.15, -0.1) is 0 Å². The second kappa shape index (κ2) is 11.6. The van der Waals surface area contributed by atoms with Crippen molar-refractivity contribution in [3.05, 3.63) is 64.2 Å². The van der Waals surface area contributed by atoms with Crippen LogP contribution in [-0.4, -0.2) is 35.9 Å². The van der Waals surface area contributed by atoms with E-state index in [1.54, 1.807) is 11.8 Å². The van der Waals surface area contributed by atoms with Crippen molar-refractivity contribution in [2.24, 2.45) is 0 Å². The van der Waals surface area contributed by atoms with Crippen molar-refractivity contribution >= 4 is 23.4 Å². The maximum atomic E-state index is 13.0. The molecule has 0 aromatic heterocycles. The summed E-state index contributed by atoms with van der Waals surface area (Å²) in [5, 5.41) is 3.60. The molecule has 2 aromatic carbocycles. The van der Waals surface area contributed by atoms with Gasteiger partial charge in [0.2, 0.25) is 5.91 Å². The van der Waals surface area contributed by atoms with E-state index in [1.807, 2.05) is 56.3 Å². The fourth-order valence-electron chi connectivity index (χ4n) is 3.12. The van der Waals surface area contributed by atoms with Crippen LogP contribution in [0.2, 0.25) is 5.02 Å². The van der Waals surface area contributed by atoms with Crippen molar-refractivity contribution < 1.29 is 14.3 Å². The largest absolute Gasteiger partial charge is 0.484 e. The Balaban J connectivity index is 2.12. The Morgan fingerprint density at radius 3 is 2.37 bits per heavy atom. The van der Waals surface area contributed by atoms with Crippen LogP contribution in [0.4, 0.5) is 0 Å². The molecular formula is C24H31ClN2O3. The molecule has 0 saturated carbocycles. The smallest absolute Gasteiger partial charge is 0.261 e. The Morgan fingerprint density at radius 1 is 1.13 bits per heavy atom. The zero-order chi connectivity index (χ0) is 22.1. The molecule has 2 amide bonds. The van der Waals surface area contributed by atoms with Gasteiger partial charge in [-0.05, 0) is 56.0 Å². The Kier molecular flexibility index (Phi) is 9.18. The molecule has 0 aliphatic carbocycles. The summed E-state index contributed by atoms with van der Waals surface area (Å²) in [4.78, 5) is 27.2. The maximum absolute atomic E-state index is 13.0. The number of carbonyl (C=O) groups excluding carboxylic acids is 2.